The van der Waals surface area contributed by atoms with E-state index >= 15 is 0 Å². The van der Waals surface area contributed by atoms with Crippen LogP contribution in [0.1, 0.15) is 10.5 Å². The maximum Gasteiger partial charge on any atom is 0.272 e. The van der Waals surface area contributed by atoms with Crippen molar-refractivity contribution in [3.8, 4) is 0 Å². The van der Waals surface area contributed by atoms with Crippen molar-refractivity contribution in [1.82, 2.24) is 25.0 Å². The molecule has 2 saturated heterocycles. The second-order valence-electron chi connectivity index (χ2n) is 6.78. The van der Waals surface area contributed by atoms with Gasteiger partial charge < -0.3 is 9.80 Å². The molecule has 24 heavy (non-hydrogen) atoms. The minimum atomic E-state index is -3.16. The molecular weight excluding hydrogens is 330 g/mol. The predicted molar refractivity (Wildman–Crippen MR) is 88.3 cm³/mol. The van der Waals surface area contributed by atoms with Crippen LogP contribution in [0, 0.1) is 5.92 Å². The van der Waals surface area contributed by atoms with Gasteiger partial charge in [0.25, 0.3) is 5.91 Å². The Kier molecular flexibility index (Phi) is 3.40. The van der Waals surface area contributed by atoms with E-state index in [2.05, 4.69) is 15.2 Å². The van der Waals surface area contributed by atoms with Crippen LogP contribution >= 0.6 is 0 Å². The minimum Gasteiger partial charge on any atom is -0.336 e. The van der Waals surface area contributed by atoms with Gasteiger partial charge in [0.15, 0.2) is 15.5 Å². The number of carbonyl (C=O) groups is 1. The van der Waals surface area contributed by atoms with Crippen molar-refractivity contribution < 1.29 is 13.2 Å². The van der Waals surface area contributed by atoms with Gasteiger partial charge in [-0.25, -0.2) is 13.4 Å². The monoisotopic (exact) mass is 349 g/mol. The summed E-state index contributed by atoms with van der Waals surface area (Å²) in [5.74, 6) is -0.0890. The third-order valence-electron chi connectivity index (χ3n) is 5.14. The van der Waals surface area contributed by atoms with E-state index in [4.69, 9.17) is 0 Å². The Morgan fingerprint density at radius 2 is 2.12 bits per heavy atom. The zero-order valence-electron chi connectivity index (χ0n) is 13.5. The Hall–Kier alpha value is -2.00. The molecule has 0 aliphatic carbocycles. The molecule has 4 rings (SSSR count). The first-order valence-corrected chi connectivity index (χ1v) is 9.56. The number of hydrogen-bond donors (Lipinski definition) is 1. The highest BCUT2D eigenvalue weighted by molar-refractivity contribution is 7.92. The van der Waals surface area contributed by atoms with Crippen LogP contribution in [0.15, 0.2) is 18.3 Å². The molecule has 0 aromatic carbocycles. The third kappa shape index (κ3) is 2.30. The summed E-state index contributed by atoms with van der Waals surface area (Å²) in [7, 11) is 0.615. The zero-order chi connectivity index (χ0) is 17.1. The third-order valence-corrected chi connectivity index (χ3v) is 7.37. The van der Waals surface area contributed by atoms with Crippen LogP contribution in [0.2, 0.25) is 0 Å². The number of amides is 1. The van der Waals surface area contributed by atoms with Crippen LogP contribution in [-0.4, -0.2) is 83.5 Å². The maximum atomic E-state index is 12.8. The number of nitrogens with one attached hydrogen (secondary N) is 1. The summed E-state index contributed by atoms with van der Waals surface area (Å²) < 4.78 is 24.8. The molecule has 2 fully saturated rings. The normalized spacial score (nSPS) is 28.6. The summed E-state index contributed by atoms with van der Waals surface area (Å²) in [5.41, 5.74) is 0.865. The van der Waals surface area contributed by atoms with Gasteiger partial charge in [0.1, 0.15) is 5.69 Å². The summed E-state index contributed by atoms with van der Waals surface area (Å²) in [6, 6.07) is 3.41. The van der Waals surface area contributed by atoms with Crippen molar-refractivity contribution in [1.29, 1.82) is 0 Å². The molecule has 2 aromatic rings. The van der Waals surface area contributed by atoms with Gasteiger partial charge in [0.2, 0.25) is 0 Å². The van der Waals surface area contributed by atoms with Crippen LogP contribution in [0.5, 0.6) is 0 Å². The van der Waals surface area contributed by atoms with Gasteiger partial charge in [0, 0.05) is 30.4 Å². The highest BCUT2D eigenvalue weighted by atomic mass is 32.2. The van der Waals surface area contributed by atoms with Crippen LogP contribution in [-0.2, 0) is 9.84 Å². The summed E-state index contributed by atoms with van der Waals surface area (Å²) in [5, 5.41) is 7.01. The maximum absolute atomic E-state index is 12.8. The zero-order valence-corrected chi connectivity index (χ0v) is 14.3. The first kappa shape index (κ1) is 15.5. The van der Waals surface area contributed by atoms with Gasteiger partial charge >= 0.3 is 0 Å². The van der Waals surface area contributed by atoms with E-state index in [0.717, 1.165) is 5.39 Å². The van der Waals surface area contributed by atoms with E-state index in [1.165, 1.54) is 0 Å². The second-order valence-corrected chi connectivity index (χ2v) is 9.04. The lowest BCUT2D eigenvalue weighted by atomic mass is 10.00. The largest absolute Gasteiger partial charge is 0.336 e. The standard InChI is InChI=1S/C15H19N5O3S/c1-19(2)12-8-24(22,23)13-7-20(6-10(12)13)15(21)11-4-3-9-5-16-18-14(9)17-11/h3-5,10,12-13H,6-8H2,1-2H3,(H,16,17,18)/t10-,12+,13-/m0/s1. The molecule has 2 aromatic heterocycles. The highest BCUT2D eigenvalue weighted by Crippen LogP contribution is 2.36. The molecule has 8 nitrogen and oxygen atoms in total. The molecule has 128 valence electrons. The van der Waals surface area contributed by atoms with Crippen molar-refractivity contribution in [3.63, 3.8) is 0 Å². The van der Waals surface area contributed by atoms with Gasteiger partial charge in [-0.1, -0.05) is 0 Å². The van der Waals surface area contributed by atoms with E-state index in [0.29, 0.717) is 17.9 Å². The second kappa shape index (κ2) is 5.25. The van der Waals surface area contributed by atoms with Crippen molar-refractivity contribution in [2.24, 2.45) is 5.92 Å². The average molecular weight is 349 g/mol. The number of aromatic nitrogens is 3. The number of carbonyl (C=O) groups excluding carboxylic acids is 1. The first-order valence-electron chi connectivity index (χ1n) is 7.84. The smallest absolute Gasteiger partial charge is 0.272 e. The number of H-pyrrole nitrogens is 1. The van der Waals surface area contributed by atoms with Crippen LogP contribution < -0.4 is 0 Å². The Labute approximate surface area is 139 Å². The predicted octanol–water partition coefficient (Wildman–Crippen LogP) is -0.243. The molecule has 0 spiro atoms. The average Bonchev–Trinajstić information content (AvgIpc) is 3.21. The Morgan fingerprint density at radius 1 is 1.33 bits per heavy atom. The van der Waals surface area contributed by atoms with Crippen molar-refractivity contribution in [2.75, 3.05) is 32.9 Å². The number of rotatable bonds is 2. The fourth-order valence-corrected chi connectivity index (χ4v) is 6.31. The number of fused-ring (bicyclic) bond motifs is 2. The fraction of sp³-hybridized carbons (Fsp3) is 0.533. The molecule has 0 radical (unpaired) electrons. The topological polar surface area (TPSA) is 99.3 Å². The number of aromatic amines is 1. The van der Waals surface area contributed by atoms with Gasteiger partial charge in [-0.05, 0) is 26.2 Å². The van der Waals surface area contributed by atoms with Crippen molar-refractivity contribution >= 4 is 26.8 Å². The SMILES string of the molecule is CN(C)[C@@H]1CS(=O)(=O)[C@H]2CN(C(=O)c3ccc4cn[nH]c4n3)C[C@@H]12. The van der Waals surface area contributed by atoms with Gasteiger partial charge in [-0.3, -0.25) is 9.89 Å². The Balaban J connectivity index is 1.61. The fourth-order valence-electron chi connectivity index (χ4n) is 3.84. The van der Waals surface area contributed by atoms with Crippen LogP contribution in [0.3, 0.4) is 0 Å². The summed E-state index contributed by atoms with van der Waals surface area (Å²) in [6.45, 7) is 0.702. The number of sulfone groups is 1. The first-order chi connectivity index (χ1) is 11.4. The lowest BCUT2D eigenvalue weighted by Crippen LogP contribution is -2.38. The quantitative estimate of drug-likeness (QED) is 0.803. The Bertz CT molecular complexity index is 907. The molecule has 2 aliphatic heterocycles. The van der Waals surface area contributed by atoms with Gasteiger partial charge in [0.05, 0.1) is 17.2 Å². The molecular formula is C15H19N5O3S. The van der Waals surface area contributed by atoms with Crippen molar-refractivity contribution in [2.45, 2.75) is 11.3 Å². The summed E-state index contributed by atoms with van der Waals surface area (Å²) in [6.07, 6.45) is 1.64. The minimum absolute atomic E-state index is 0.0372. The molecule has 0 saturated carbocycles. The number of pyridine rings is 1. The lowest BCUT2D eigenvalue weighted by Gasteiger charge is -2.24. The molecule has 4 heterocycles. The van der Waals surface area contributed by atoms with Crippen molar-refractivity contribution in [3.05, 3.63) is 24.0 Å². The van der Waals surface area contributed by atoms with E-state index < -0.39 is 15.1 Å². The van der Waals surface area contributed by atoms with Crippen LogP contribution in [0.25, 0.3) is 11.0 Å². The highest BCUT2D eigenvalue weighted by Gasteiger charge is 2.53. The van der Waals surface area contributed by atoms with E-state index in [-0.39, 0.29) is 30.2 Å². The molecule has 0 unspecified atom stereocenters. The molecule has 1 N–H and O–H groups in total. The molecule has 9 heteroatoms. The molecule has 3 atom stereocenters. The summed E-state index contributed by atoms with van der Waals surface area (Å²) in [4.78, 5) is 20.6. The van der Waals surface area contributed by atoms with Gasteiger partial charge in [-0.15, -0.1) is 0 Å². The van der Waals surface area contributed by atoms with Gasteiger partial charge in [-0.2, -0.15) is 5.10 Å². The number of nitrogens with zero attached hydrogens (tertiary/aromatic N) is 4. The van der Waals surface area contributed by atoms with E-state index in [1.54, 1.807) is 23.2 Å². The van der Waals surface area contributed by atoms with Crippen LogP contribution in [0.4, 0.5) is 0 Å². The molecule has 0 bridgehead atoms. The Morgan fingerprint density at radius 3 is 2.88 bits per heavy atom. The van der Waals surface area contributed by atoms with E-state index in [9.17, 15) is 13.2 Å². The number of likely N-dealkylation sites (tertiary alicyclic amines) is 1. The summed E-state index contributed by atoms with van der Waals surface area (Å²) >= 11 is 0. The number of hydrogen-bond acceptors (Lipinski definition) is 6. The molecule has 2 aliphatic rings. The molecule has 1 amide bonds. The van der Waals surface area contributed by atoms with E-state index in [1.807, 2.05) is 19.0 Å². The lowest BCUT2D eigenvalue weighted by molar-refractivity contribution is 0.0774.